The number of carboxylic acids is 1. The summed E-state index contributed by atoms with van der Waals surface area (Å²) in [6.07, 6.45) is 4.50. The first-order valence-corrected chi connectivity index (χ1v) is 9.38. The maximum Gasteiger partial charge on any atom is 0.320 e. The van der Waals surface area contributed by atoms with Crippen LogP contribution in [-0.4, -0.2) is 34.6 Å². The van der Waals surface area contributed by atoms with Gasteiger partial charge in [-0.15, -0.1) is 0 Å². The van der Waals surface area contributed by atoms with Gasteiger partial charge < -0.3 is 16.2 Å². The van der Waals surface area contributed by atoms with Crippen LogP contribution in [0.15, 0.2) is 73.1 Å². The molecule has 0 radical (unpaired) electrons. The van der Waals surface area contributed by atoms with Crippen molar-refractivity contribution in [3.8, 4) is 11.1 Å². The van der Waals surface area contributed by atoms with Crippen molar-refractivity contribution in [1.82, 2.24) is 10.3 Å². The van der Waals surface area contributed by atoms with Gasteiger partial charge in [-0.25, -0.2) is 0 Å². The highest BCUT2D eigenvalue weighted by Gasteiger charge is 2.12. The molecule has 1 unspecified atom stereocenters. The van der Waals surface area contributed by atoms with Crippen molar-refractivity contribution in [1.29, 1.82) is 0 Å². The molecule has 1 heterocycles. The number of benzene rings is 2. The number of carbonyl (C=O) groups excluding carboxylic acids is 1. The molecule has 0 bridgehead atoms. The topological polar surface area (TPSA) is 105 Å². The van der Waals surface area contributed by atoms with Gasteiger partial charge in [0.1, 0.15) is 6.04 Å². The molecule has 1 amide bonds. The summed E-state index contributed by atoms with van der Waals surface area (Å²) < 4.78 is 0. The summed E-state index contributed by atoms with van der Waals surface area (Å²) in [5.41, 5.74) is 10.2. The zero-order chi connectivity index (χ0) is 20.6. The normalized spacial score (nSPS) is 11.6. The fraction of sp³-hybridized carbons (Fsp3) is 0.174. The molecule has 1 aromatic heterocycles. The van der Waals surface area contributed by atoms with Crippen LogP contribution in [0.1, 0.15) is 21.5 Å². The van der Waals surface area contributed by atoms with E-state index in [1.807, 2.05) is 12.1 Å². The average molecular weight is 389 g/mol. The molecule has 0 saturated carbocycles. The molecule has 3 rings (SSSR count). The minimum absolute atomic E-state index is 0.160. The first-order valence-electron chi connectivity index (χ1n) is 9.38. The van der Waals surface area contributed by atoms with Crippen molar-refractivity contribution in [2.75, 3.05) is 6.54 Å². The molecular formula is C23H23N3O3. The number of aromatic nitrogens is 1. The molecule has 1 atom stereocenters. The third-order valence-corrected chi connectivity index (χ3v) is 4.66. The van der Waals surface area contributed by atoms with Crippen LogP contribution >= 0.6 is 0 Å². The highest BCUT2D eigenvalue weighted by molar-refractivity contribution is 5.94. The minimum atomic E-state index is -1.04. The van der Waals surface area contributed by atoms with E-state index in [-0.39, 0.29) is 12.3 Å². The summed E-state index contributed by atoms with van der Waals surface area (Å²) >= 11 is 0. The summed E-state index contributed by atoms with van der Waals surface area (Å²) in [5.74, 6) is -1.20. The van der Waals surface area contributed by atoms with Gasteiger partial charge in [0.2, 0.25) is 0 Å². The lowest BCUT2D eigenvalue weighted by molar-refractivity contribution is -0.138. The molecule has 4 N–H and O–H groups in total. The molecule has 0 spiro atoms. The zero-order valence-corrected chi connectivity index (χ0v) is 15.9. The number of aliphatic carboxylic acids is 1. The summed E-state index contributed by atoms with van der Waals surface area (Å²) in [6, 6.07) is 18.1. The molecule has 6 heteroatoms. The molecule has 29 heavy (non-hydrogen) atoms. The Labute approximate surface area is 169 Å². The second-order valence-electron chi connectivity index (χ2n) is 6.78. The molecule has 0 aliphatic carbocycles. The monoisotopic (exact) mass is 389 g/mol. The largest absolute Gasteiger partial charge is 0.480 e. The second kappa shape index (κ2) is 9.61. The van der Waals surface area contributed by atoms with E-state index in [0.29, 0.717) is 12.1 Å². The Morgan fingerprint density at radius 3 is 2.10 bits per heavy atom. The van der Waals surface area contributed by atoms with E-state index in [1.54, 1.807) is 36.7 Å². The molecule has 2 aromatic carbocycles. The number of nitrogens with zero attached hydrogens (tertiary/aromatic N) is 1. The standard InChI is InChI=1S/C23H23N3O3/c24-21(23(28)29)15-17-3-7-20(8-4-17)22(27)26-14-9-16-1-5-18(6-2-16)19-10-12-25-13-11-19/h1-8,10-13,21H,9,14-15,24H2,(H,26,27)(H,28,29). The van der Waals surface area contributed by atoms with E-state index in [9.17, 15) is 9.59 Å². The van der Waals surface area contributed by atoms with Crippen LogP contribution in [0.5, 0.6) is 0 Å². The van der Waals surface area contributed by atoms with Crippen molar-refractivity contribution in [2.45, 2.75) is 18.9 Å². The van der Waals surface area contributed by atoms with E-state index in [2.05, 4.69) is 34.6 Å². The van der Waals surface area contributed by atoms with Gasteiger partial charge >= 0.3 is 5.97 Å². The minimum Gasteiger partial charge on any atom is -0.480 e. The fourth-order valence-electron chi connectivity index (χ4n) is 2.96. The lowest BCUT2D eigenvalue weighted by Crippen LogP contribution is -2.32. The highest BCUT2D eigenvalue weighted by Crippen LogP contribution is 2.18. The molecule has 6 nitrogen and oxygen atoms in total. The fourth-order valence-corrected chi connectivity index (χ4v) is 2.96. The molecular weight excluding hydrogens is 366 g/mol. The third-order valence-electron chi connectivity index (χ3n) is 4.66. The predicted molar refractivity (Wildman–Crippen MR) is 111 cm³/mol. The maximum absolute atomic E-state index is 12.3. The van der Waals surface area contributed by atoms with Gasteiger partial charge in [-0.3, -0.25) is 14.6 Å². The van der Waals surface area contributed by atoms with Gasteiger partial charge in [-0.05, 0) is 59.4 Å². The van der Waals surface area contributed by atoms with Gasteiger partial charge in [-0.1, -0.05) is 36.4 Å². The Morgan fingerprint density at radius 1 is 0.897 bits per heavy atom. The van der Waals surface area contributed by atoms with Crippen LogP contribution in [0.3, 0.4) is 0 Å². The van der Waals surface area contributed by atoms with Crippen molar-refractivity contribution >= 4 is 11.9 Å². The van der Waals surface area contributed by atoms with Gasteiger partial charge in [0.05, 0.1) is 0 Å². The molecule has 0 fully saturated rings. The van der Waals surface area contributed by atoms with Crippen LogP contribution in [0.4, 0.5) is 0 Å². The Hall–Kier alpha value is -3.51. The van der Waals surface area contributed by atoms with E-state index in [1.165, 1.54) is 0 Å². The van der Waals surface area contributed by atoms with Crippen LogP contribution in [0.2, 0.25) is 0 Å². The highest BCUT2D eigenvalue weighted by atomic mass is 16.4. The number of nitrogens with one attached hydrogen (secondary N) is 1. The Kier molecular flexibility index (Phi) is 6.71. The third kappa shape index (κ3) is 5.73. The lowest BCUT2D eigenvalue weighted by atomic mass is 10.0. The van der Waals surface area contributed by atoms with E-state index in [0.717, 1.165) is 28.7 Å². The van der Waals surface area contributed by atoms with E-state index < -0.39 is 12.0 Å². The number of carbonyl (C=O) groups is 2. The van der Waals surface area contributed by atoms with Crippen LogP contribution in [0.25, 0.3) is 11.1 Å². The SMILES string of the molecule is NC(Cc1ccc(C(=O)NCCc2ccc(-c3ccncc3)cc2)cc1)C(=O)O. The number of nitrogens with two attached hydrogens (primary N) is 1. The summed E-state index contributed by atoms with van der Waals surface area (Å²) in [6.45, 7) is 0.527. The first-order chi connectivity index (χ1) is 14.0. The number of carboxylic acid groups (broad SMARTS) is 1. The van der Waals surface area contributed by atoms with Gasteiger partial charge in [-0.2, -0.15) is 0 Å². The van der Waals surface area contributed by atoms with Crippen molar-refractivity contribution < 1.29 is 14.7 Å². The van der Waals surface area contributed by atoms with Gasteiger partial charge in [0.15, 0.2) is 0 Å². The quantitative estimate of drug-likeness (QED) is 0.549. The van der Waals surface area contributed by atoms with Crippen molar-refractivity contribution in [2.24, 2.45) is 5.73 Å². The molecule has 0 saturated heterocycles. The zero-order valence-electron chi connectivity index (χ0n) is 15.9. The van der Waals surface area contributed by atoms with Gasteiger partial charge in [0.25, 0.3) is 5.91 Å². The lowest BCUT2D eigenvalue weighted by Gasteiger charge is -2.09. The summed E-state index contributed by atoms with van der Waals surface area (Å²) in [4.78, 5) is 27.1. The van der Waals surface area contributed by atoms with Gasteiger partial charge in [0, 0.05) is 24.5 Å². The van der Waals surface area contributed by atoms with Crippen LogP contribution in [0, 0.1) is 0 Å². The second-order valence-corrected chi connectivity index (χ2v) is 6.78. The van der Waals surface area contributed by atoms with E-state index >= 15 is 0 Å². The molecule has 0 aliphatic heterocycles. The maximum atomic E-state index is 12.3. The number of rotatable bonds is 8. The Bertz CT molecular complexity index is 955. The van der Waals surface area contributed by atoms with Crippen molar-refractivity contribution in [3.63, 3.8) is 0 Å². The number of hydrogen-bond acceptors (Lipinski definition) is 4. The average Bonchev–Trinajstić information content (AvgIpc) is 2.75. The molecule has 3 aromatic rings. The van der Waals surface area contributed by atoms with E-state index in [4.69, 9.17) is 10.8 Å². The summed E-state index contributed by atoms with van der Waals surface area (Å²) in [5, 5.41) is 11.8. The Balaban J connectivity index is 1.49. The van der Waals surface area contributed by atoms with Crippen LogP contribution in [-0.2, 0) is 17.6 Å². The smallest absolute Gasteiger partial charge is 0.320 e. The predicted octanol–water partition coefficient (Wildman–Crippen LogP) is 2.68. The number of hydrogen-bond donors (Lipinski definition) is 3. The number of pyridine rings is 1. The molecule has 148 valence electrons. The van der Waals surface area contributed by atoms with Crippen LogP contribution < -0.4 is 11.1 Å². The number of amides is 1. The first kappa shape index (κ1) is 20.2. The summed E-state index contributed by atoms with van der Waals surface area (Å²) in [7, 11) is 0. The Morgan fingerprint density at radius 2 is 1.48 bits per heavy atom. The molecule has 0 aliphatic rings. The van der Waals surface area contributed by atoms with Crippen molar-refractivity contribution in [3.05, 3.63) is 89.7 Å².